The van der Waals surface area contributed by atoms with Crippen LogP contribution in [0, 0.1) is 11.3 Å². The first-order valence-corrected chi connectivity index (χ1v) is 6.37. The lowest BCUT2D eigenvalue weighted by molar-refractivity contribution is 0.171. The fourth-order valence-electron chi connectivity index (χ4n) is 1.88. The summed E-state index contributed by atoms with van der Waals surface area (Å²) in [7, 11) is 0. The Morgan fingerprint density at radius 2 is 2.00 bits per heavy atom. The van der Waals surface area contributed by atoms with E-state index < -0.39 is 0 Å². The topological polar surface area (TPSA) is 67.2 Å². The van der Waals surface area contributed by atoms with Crippen LogP contribution in [0.4, 0.5) is 11.5 Å². The number of aromatic nitrogens is 1. The van der Waals surface area contributed by atoms with Crippen molar-refractivity contribution in [3.63, 3.8) is 0 Å². The Kier molecular flexibility index (Phi) is 3.32. The standard InChI is InChI=1S/C14H10ClN3O2/c15-13-9(8-16)3-4-17-14(13)18-10-1-2-11-12(7-10)20-6-5-19-11/h1-4,7H,5-6H2,(H,17,18). The highest BCUT2D eigenvalue weighted by molar-refractivity contribution is 6.34. The monoisotopic (exact) mass is 287 g/mol. The zero-order valence-electron chi connectivity index (χ0n) is 10.4. The molecule has 100 valence electrons. The molecule has 0 fully saturated rings. The van der Waals surface area contributed by atoms with Gasteiger partial charge in [-0.2, -0.15) is 5.26 Å². The summed E-state index contributed by atoms with van der Waals surface area (Å²) in [5.74, 6) is 1.82. The van der Waals surface area contributed by atoms with Gasteiger partial charge in [-0.05, 0) is 18.2 Å². The predicted octanol–water partition coefficient (Wildman–Crippen LogP) is 3.12. The normalized spacial score (nSPS) is 12.6. The molecule has 0 saturated heterocycles. The number of halogens is 1. The largest absolute Gasteiger partial charge is 0.486 e. The molecule has 1 aromatic heterocycles. The Bertz CT molecular complexity index is 697. The third kappa shape index (κ3) is 2.33. The van der Waals surface area contributed by atoms with Gasteiger partial charge in [0.25, 0.3) is 0 Å². The Hall–Kier alpha value is -2.45. The van der Waals surface area contributed by atoms with Crippen LogP contribution in [0.5, 0.6) is 11.5 Å². The van der Waals surface area contributed by atoms with Crippen molar-refractivity contribution in [2.45, 2.75) is 0 Å². The van der Waals surface area contributed by atoms with Crippen LogP contribution >= 0.6 is 11.6 Å². The molecule has 2 aromatic rings. The van der Waals surface area contributed by atoms with Gasteiger partial charge in [0, 0.05) is 18.0 Å². The van der Waals surface area contributed by atoms with Gasteiger partial charge in [-0.25, -0.2) is 4.98 Å². The maximum Gasteiger partial charge on any atom is 0.163 e. The number of benzene rings is 1. The average Bonchev–Trinajstić information content (AvgIpc) is 2.49. The van der Waals surface area contributed by atoms with E-state index in [1.54, 1.807) is 6.07 Å². The summed E-state index contributed by atoms with van der Waals surface area (Å²) in [4.78, 5) is 4.13. The number of hydrogen-bond donors (Lipinski definition) is 1. The molecule has 0 atom stereocenters. The molecule has 0 unspecified atom stereocenters. The first-order valence-electron chi connectivity index (χ1n) is 5.99. The first kappa shape index (κ1) is 12.6. The molecule has 1 aliphatic heterocycles. The van der Waals surface area contributed by atoms with E-state index in [0.29, 0.717) is 41.1 Å². The number of hydrogen-bond acceptors (Lipinski definition) is 5. The summed E-state index contributed by atoms with van der Waals surface area (Å²) in [6, 6.07) is 9.05. The van der Waals surface area contributed by atoms with Crippen LogP contribution < -0.4 is 14.8 Å². The summed E-state index contributed by atoms with van der Waals surface area (Å²) in [6.45, 7) is 1.08. The molecule has 0 radical (unpaired) electrons. The highest BCUT2D eigenvalue weighted by atomic mass is 35.5. The van der Waals surface area contributed by atoms with Gasteiger partial charge in [-0.15, -0.1) is 0 Å². The van der Waals surface area contributed by atoms with Crippen molar-refractivity contribution in [3.8, 4) is 17.6 Å². The molecule has 6 heteroatoms. The number of rotatable bonds is 2. The second-order valence-corrected chi connectivity index (χ2v) is 4.49. The molecule has 20 heavy (non-hydrogen) atoms. The minimum absolute atomic E-state index is 0.296. The predicted molar refractivity (Wildman–Crippen MR) is 74.7 cm³/mol. The van der Waals surface area contributed by atoms with E-state index in [2.05, 4.69) is 10.3 Å². The van der Waals surface area contributed by atoms with E-state index in [-0.39, 0.29) is 0 Å². The zero-order chi connectivity index (χ0) is 13.9. The molecule has 2 heterocycles. The van der Waals surface area contributed by atoms with Gasteiger partial charge >= 0.3 is 0 Å². The van der Waals surface area contributed by atoms with E-state index in [9.17, 15) is 0 Å². The van der Waals surface area contributed by atoms with E-state index in [1.807, 2.05) is 24.3 Å². The van der Waals surface area contributed by atoms with Crippen molar-refractivity contribution in [2.24, 2.45) is 0 Å². The van der Waals surface area contributed by atoms with Crippen LogP contribution in [0.15, 0.2) is 30.5 Å². The van der Waals surface area contributed by atoms with Crippen LogP contribution in [0.25, 0.3) is 0 Å². The third-order valence-corrected chi connectivity index (χ3v) is 3.20. The summed E-state index contributed by atoms with van der Waals surface area (Å²) in [5, 5.41) is 12.3. The second-order valence-electron chi connectivity index (χ2n) is 4.12. The first-order chi connectivity index (χ1) is 9.78. The molecule has 1 aromatic carbocycles. The minimum atomic E-state index is 0.296. The molecule has 3 rings (SSSR count). The van der Waals surface area contributed by atoms with Gasteiger partial charge in [0.15, 0.2) is 17.3 Å². The fourth-order valence-corrected chi connectivity index (χ4v) is 2.08. The van der Waals surface area contributed by atoms with Gasteiger partial charge in [0.2, 0.25) is 0 Å². The maximum absolute atomic E-state index is 8.94. The average molecular weight is 288 g/mol. The van der Waals surface area contributed by atoms with Crippen molar-refractivity contribution in [2.75, 3.05) is 18.5 Å². The van der Waals surface area contributed by atoms with E-state index in [1.165, 1.54) is 6.20 Å². The minimum Gasteiger partial charge on any atom is -0.486 e. The number of pyridine rings is 1. The fraction of sp³-hybridized carbons (Fsp3) is 0.143. The van der Waals surface area contributed by atoms with Crippen molar-refractivity contribution in [3.05, 3.63) is 41.0 Å². The molecule has 0 saturated carbocycles. The number of ether oxygens (including phenoxy) is 2. The van der Waals surface area contributed by atoms with Gasteiger partial charge in [-0.3, -0.25) is 0 Å². The lowest BCUT2D eigenvalue weighted by Crippen LogP contribution is -2.15. The second kappa shape index (κ2) is 5.27. The van der Waals surface area contributed by atoms with Crippen molar-refractivity contribution < 1.29 is 9.47 Å². The number of nitriles is 1. The summed E-state index contributed by atoms with van der Waals surface area (Å²) < 4.78 is 11.0. The van der Waals surface area contributed by atoms with Crippen molar-refractivity contribution >= 4 is 23.1 Å². The quantitative estimate of drug-likeness (QED) is 0.919. The Morgan fingerprint density at radius 3 is 2.80 bits per heavy atom. The van der Waals surface area contributed by atoms with Gasteiger partial charge in [0.05, 0.1) is 5.56 Å². The molecule has 0 spiro atoms. The van der Waals surface area contributed by atoms with Gasteiger partial charge in [0.1, 0.15) is 24.3 Å². The van der Waals surface area contributed by atoms with Gasteiger partial charge in [-0.1, -0.05) is 11.6 Å². The summed E-state index contributed by atoms with van der Waals surface area (Å²) in [5.41, 5.74) is 1.14. The number of anilines is 2. The van der Waals surface area contributed by atoms with Crippen LogP contribution in [0.1, 0.15) is 5.56 Å². The number of fused-ring (bicyclic) bond motifs is 1. The highest BCUT2D eigenvalue weighted by Gasteiger charge is 2.13. The highest BCUT2D eigenvalue weighted by Crippen LogP contribution is 2.34. The molecule has 5 nitrogen and oxygen atoms in total. The van der Waals surface area contributed by atoms with E-state index in [0.717, 1.165) is 5.69 Å². The van der Waals surface area contributed by atoms with Crippen LogP contribution in [-0.4, -0.2) is 18.2 Å². The summed E-state index contributed by atoms with van der Waals surface area (Å²) >= 11 is 6.10. The molecular formula is C14H10ClN3O2. The van der Waals surface area contributed by atoms with Crippen molar-refractivity contribution in [1.82, 2.24) is 4.98 Å². The van der Waals surface area contributed by atoms with E-state index in [4.69, 9.17) is 26.3 Å². The van der Waals surface area contributed by atoms with Crippen LogP contribution in [0.2, 0.25) is 5.02 Å². The molecule has 1 N–H and O–H groups in total. The summed E-state index contributed by atoms with van der Waals surface area (Å²) in [6.07, 6.45) is 1.53. The lowest BCUT2D eigenvalue weighted by atomic mass is 10.2. The number of nitrogens with one attached hydrogen (secondary N) is 1. The third-order valence-electron chi connectivity index (χ3n) is 2.81. The van der Waals surface area contributed by atoms with Crippen LogP contribution in [-0.2, 0) is 0 Å². The molecule has 0 aliphatic carbocycles. The van der Waals surface area contributed by atoms with Crippen molar-refractivity contribution in [1.29, 1.82) is 5.26 Å². The van der Waals surface area contributed by atoms with E-state index >= 15 is 0 Å². The molecule has 0 bridgehead atoms. The zero-order valence-corrected chi connectivity index (χ0v) is 11.1. The Morgan fingerprint density at radius 1 is 1.20 bits per heavy atom. The Labute approximate surface area is 120 Å². The van der Waals surface area contributed by atoms with Crippen LogP contribution in [0.3, 0.4) is 0 Å². The SMILES string of the molecule is N#Cc1ccnc(Nc2ccc3c(c2)OCCO3)c1Cl. The number of nitrogens with zero attached hydrogens (tertiary/aromatic N) is 2. The molecule has 1 aliphatic rings. The molecule has 0 amide bonds. The van der Waals surface area contributed by atoms with Gasteiger partial charge < -0.3 is 14.8 Å². The maximum atomic E-state index is 8.94. The Balaban J connectivity index is 1.90. The lowest BCUT2D eigenvalue weighted by Gasteiger charge is -2.19. The molecular weight excluding hydrogens is 278 g/mol. The smallest absolute Gasteiger partial charge is 0.163 e.